The van der Waals surface area contributed by atoms with Crippen LogP contribution in [0.5, 0.6) is 0 Å². The van der Waals surface area contributed by atoms with E-state index in [4.69, 9.17) is 4.74 Å². The van der Waals surface area contributed by atoms with Gasteiger partial charge in [0.05, 0.1) is 10.7 Å². The van der Waals surface area contributed by atoms with Crippen molar-refractivity contribution in [1.82, 2.24) is 4.37 Å². The zero-order valence-electron chi connectivity index (χ0n) is 10.4. The molecule has 1 aromatic heterocycles. The molecule has 0 aliphatic heterocycles. The van der Waals surface area contributed by atoms with Gasteiger partial charge in [-0.25, -0.2) is 9.59 Å². The second-order valence-corrected chi connectivity index (χ2v) is 6.14. The summed E-state index contributed by atoms with van der Waals surface area (Å²) in [5.41, 5.74) is -0.587. The summed E-state index contributed by atoms with van der Waals surface area (Å²) < 4.78 is 14.2. The smallest absolute Gasteiger partial charge is 0.413 e. The van der Waals surface area contributed by atoms with Crippen LogP contribution in [0.3, 0.4) is 0 Å². The summed E-state index contributed by atoms with van der Waals surface area (Å²) in [6.07, 6.45) is -0.609. The van der Waals surface area contributed by atoms with E-state index >= 15 is 0 Å². The Bertz CT molecular complexity index is 467. The van der Waals surface area contributed by atoms with Gasteiger partial charge < -0.3 is 9.47 Å². The summed E-state index contributed by atoms with van der Waals surface area (Å²) in [4.78, 5) is 23.3. The van der Waals surface area contributed by atoms with Crippen LogP contribution in [0.15, 0.2) is 0 Å². The number of carbonyl (C=O) groups is 2. The molecule has 0 spiro atoms. The zero-order chi connectivity index (χ0) is 13.9. The maximum absolute atomic E-state index is 11.5. The highest BCUT2D eigenvalue weighted by Crippen LogP contribution is 2.26. The lowest BCUT2D eigenvalue weighted by Gasteiger charge is -2.19. The van der Waals surface area contributed by atoms with E-state index in [2.05, 4.69) is 14.4 Å². The Labute approximate surface area is 122 Å². The zero-order valence-corrected chi connectivity index (χ0v) is 13.3. The summed E-state index contributed by atoms with van der Waals surface area (Å²) in [6.45, 7) is 5.29. The first-order chi connectivity index (χ1) is 8.24. The van der Waals surface area contributed by atoms with Gasteiger partial charge in [0.2, 0.25) is 0 Å². The molecule has 18 heavy (non-hydrogen) atoms. The molecule has 1 aromatic rings. The van der Waals surface area contributed by atoms with Gasteiger partial charge in [-0.05, 0) is 54.9 Å². The molecule has 0 aromatic carbocycles. The molecule has 100 valence electrons. The monoisotopic (exact) mass is 384 g/mol. The summed E-state index contributed by atoms with van der Waals surface area (Å²) in [5.74, 6) is -0.176. The third-order valence-electron chi connectivity index (χ3n) is 1.63. The van der Waals surface area contributed by atoms with Crippen molar-refractivity contribution in [1.29, 1.82) is 0 Å². The molecule has 0 saturated carbocycles. The number of hydrogen-bond acceptors (Lipinski definition) is 6. The quantitative estimate of drug-likeness (QED) is 0.627. The lowest BCUT2D eigenvalue weighted by molar-refractivity contribution is 0.0600. The molecule has 0 atom stereocenters. The minimum Gasteiger partial charge on any atom is -0.465 e. The van der Waals surface area contributed by atoms with E-state index in [0.717, 1.165) is 11.5 Å². The van der Waals surface area contributed by atoms with Crippen molar-refractivity contribution in [2.45, 2.75) is 26.4 Å². The predicted molar refractivity (Wildman–Crippen MR) is 76.0 cm³/mol. The Morgan fingerprint density at radius 2 is 2.00 bits per heavy atom. The lowest BCUT2D eigenvalue weighted by atomic mass is 10.2. The van der Waals surface area contributed by atoms with Crippen LogP contribution in [0, 0.1) is 3.57 Å². The topological polar surface area (TPSA) is 77.5 Å². The molecule has 0 bridgehead atoms. The van der Waals surface area contributed by atoms with Gasteiger partial charge >= 0.3 is 12.1 Å². The first kappa shape index (κ1) is 15.2. The van der Waals surface area contributed by atoms with Crippen LogP contribution in [0.4, 0.5) is 10.6 Å². The number of carbonyl (C=O) groups excluding carboxylic acids is 2. The minimum atomic E-state index is -0.609. The fourth-order valence-corrected chi connectivity index (χ4v) is 2.57. The molecule has 1 amide bonds. The fourth-order valence-electron chi connectivity index (χ4n) is 0.977. The Morgan fingerprint density at radius 3 is 2.50 bits per heavy atom. The first-order valence-corrected chi connectivity index (χ1v) is 6.83. The van der Waals surface area contributed by atoms with Crippen LogP contribution in [0.25, 0.3) is 0 Å². The van der Waals surface area contributed by atoms with E-state index < -0.39 is 17.7 Å². The van der Waals surface area contributed by atoms with Crippen molar-refractivity contribution in [2.24, 2.45) is 0 Å². The number of hydrogen-bond donors (Lipinski definition) is 1. The minimum absolute atomic E-state index is 0.301. The number of halogens is 1. The van der Waals surface area contributed by atoms with Crippen molar-refractivity contribution in [3.8, 4) is 0 Å². The van der Waals surface area contributed by atoms with Gasteiger partial charge in [0.15, 0.2) is 5.82 Å². The number of ether oxygens (including phenoxy) is 2. The second-order valence-electron chi connectivity index (χ2n) is 4.29. The van der Waals surface area contributed by atoms with E-state index in [1.807, 2.05) is 22.6 Å². The largest absolute Gasteiger partial charge is 0.465 e. The fraction of sp³-hybridized carbons (Fsp3) is 0.500. The van der Waals surface area contributed by atoms with Crippen molar-refractivity contribution >= 4 is 52.0 Å². The average molecular weight is 384 g/mol. The maximum Gasteiger partial charge on any atom is 0.413 e. The van der Waals surface area contributed by atoms with E-state index in [1.165, 1.54) is 7.11 Å². The van der Waals surface area contributed by atoms with Crippen LogP contribution in [-0.2, 0) is 9.47 Å². The highest BCUT2D eigenvalue weighted by Gasteiger charge is 2.22. The number of esters is 1. The van der Waals surface area contributed by atoms with E-state index in [0.29, 0.717) is 14.3 Å². The predicted octanol–water partition coefficient (Wildman–Crippen LogP) is 2.88. The second kappa shape index (κ2) is 5.83. The van der Waals surface area contributed by atoms with Crippen LogP contribution < -0.4 is 5.32 Å². The van der Waals surface area contributed by atoms with Gasteiger partial charge in [0.25, 0.3) is 0 Å². The van der Waals surface area contributed by atoms with Gasteiger partial charge in [-0.15, -0.1) is 0 Å². The van der Waals surface area contributed by atoms with E-state index in [1.54, 1.807) is 20.8 Å². The van der Waals surface area contributed by atoms with Gasteiger partial charge in [0, 0.05) is 0 Å². The third kappa shape index (κ3) is 4.09. The third-order valence-corrected chi connectivity index (χ3v) is 3.87. The molecule has 0 aliphatic rings. The molecule has 0 unspecified atom stereocenters. The molecular formula is C10H13IN2O4S. The van der Waals surface area contributed by atoms with Crippen LogP contribution >= 0.6 is 34.1 Å². The summed E-state index contributed by atoms with van der Waals surface area (Å²) in [6, 6.07) is 0. The highest BCUT2D eigenvalue weighted by molar-refractivity contribution is 14.1. The number of aromatic nitrogens is 1. The Morgan fingerprint density at radius 1 is 1.39 bits per heavy atom. The van der Waals surface area contributed by atoms with E-state index in [-0.39, 0.29) is 0 Å². The highest BCUT2D eigenvalue weighted by atomic mass is 127. The SMILES string of the molecule is COC(=O)c1snc(NC(=O)OC(C)(C)C)c1I. The molecule has 6 nitrogen and oxygen atoms in total. The molecular weight excluding hydrogens is 371 g/mol. The van der Waals surface area contributed by atoms with Crippen molar-refractivity contribution in [2.75, 3.05) is 12.4 Å². The number of anilines is 1. The number of nitrogens with one attached hydrogen (secondary N) is 1. The van der Waals surface area contributed by atoms with E-state index in [9.17, 15) is 9.59 Å². The van der Waals surface area contributed by atoms with Gasteiger partial charge in [-0.3, -0.25) is 5.32 Å². The molecule has 0 aliphatic carbocycles. The average Bonchev–Trinajstić information content (AvgIpc) is 2.57. The molecule has 0 saturated heterocycles. The Hall–Kier alpha value is -0.900. The Kier molecular flexibility index (Phi) is 4.91. The lowest BCUT2D eigenvalue weighted by Crippen LogP contribution is -2.27. The van der Waals surface area contributed by atoms with Crippen LogP contribution in [0.2, 0.25) is 0 Å². The van der Waals surface area contributed by atoms with Gasteiger partial charge in [-0.2, -0.15) is 4.37 Å². The summed E-state index contributed by atoms with van der Waals surface area (Å²) in [7, 11) is 1.29. The first-order valence-electron chi connectivity index (χ1n) is 4.98. The van der Waals surface area contributed by atoms with Gasteiger partial charge in [-0.1, -0.05) is 0 Å². The number of rotatable bonds is 2. The maximum atomic E-state index is 11.5. The number of nitrogens with zero attached hydrogens (tertiary/aromatic N) is 1. The molecule has 1 heterocycles. The van der Waals surface area contributed by atoms with Crippen LogP contribution in [0.1, 0.15) is 30.4 Å². The Balaban J connectivity index is 2.78. The molecule has 1 rings (SSSR count). The van der Waals surface area contributed by atoms with Crippen molar-refractivity contribution < 1.29 is 19.1 Å². The molecule has 0 radical (unpaired) electrons. The standard InChI is InChI=1S/C10H13IN2O4S/c1-10(2,3)17-9(15)12-7-5(11)6(18-13-7)8(14)16-4/h1-4H3,(H,12,13,15). The summed E-state index contributed by atoms with van der Waals surface area (Å²) in [5, 5.41) is 2.49. The summed E-state index contributed by atoms with van der Waals surface area (Å²) >= 11 is 2.89. The normalized spacial score (nSPS) is 10.9. The van der Waals surface area contributed by atoms with Crippen LogP contribution in [-0.4, -0.2) is 29.1 Å². The number of methoxy groups -OCH3 is 1. The molecule has 1 N–H and O–H groups in total. The van der Waals surface area contributed by atoms with Gasteiger partial charge in [0.1, 0.15) is 10.5 Å². The van der Waals surface area contributed by atoms with Crippen molar-refractivity contribution in [3.05, 3.63) is 8.45 Å². The molecule has 8 heteroatoms. The number of amides is 1. The van der Waals surface area contributed by atoms with Crippen molar-refractivity contribution in [3.63, 3.8) is 0 Å². The molecule has 0 fully saturated rings.